The number of nitrogens with zero attached hydrogens (tertiary/aromatic N) is 3. The van der Waals surface area contributed by atoms with Gasteiger partial charge >= 0.3 is 0 Å². The van der Waals surface area contributed by atoms with Gasteiger partial charge in [-0.25, -0.2) is 0 Å². The maximum absolute atomic E-state index is 11.9. The van der Waals surface area contributed by atoms with E-state index in [9.17, 15) is 9.90 Å². The van der Waals surface area contributed by atoms with Crippen LogP contribution in [0, 0.1) is 0 Å². The predicted octanol–water partition coefficient (Wildman–Crippen LogP) is 2.93. The average Bonchev–Trinajstić information content (AvgIpc) is 3.20. The average molecular weight is 378 g/mol. The maximum Gasteiger partial charge on any atom is 0.248 e. The fourth-order valence-electron chi connectivity index (χ4n) is 3.76. The van der Waals surface area contributed by atoms with Gasteiger partial charge < -0.3 is 10.0 Å². The van der Waals surface area contributed by atoms with Crippen molar-refractivity contribution in [2.75, 3.05) is 19.7 Å². The van der Waals surface area contributed by atoms with Crippen molar-refractivity contribution in [2.24, 2.45) is 7.05 Å². The van der Waals surface area contributed by atoms with E-state index in [2.05, 4.69) is 5.10 Å². The minimum Gasteiger partial charge on any atom is -0.387 e. The lowest BCUT2D eigenvalue weighted by Crippen LogP contribution is -2.37. The first-order valence-corrected chi connectivity index (χ1v) is 8.85. The van der Waals surface area contributed by atoms with Gasteiger partial charge in [-0.2, -0.15) is 5.10 Å². The molecule has 1 aromatic heterocycles. The SMILES string of the molecule is Cn1cc(-c2cc(Cl)c(Cl)c3c2C2=C(CCN(C(=O)CO)C2)C3)cn1. The highest BCUT2D eigenvalue weighted by Gasteiger charge is 2.33. The first-order valence-electron chi connectivity index (χ1n) is 8.09. The molecule has 1 aliphatic carbocycles. The molecule has 1 aliphatic heterocycles. The Morgan fingerprint density at radius 2 is 2.20 bits per heavy atom. The molecule has 5 nitrogen and oxygen atoms in total. The number of aliphatic hydroxyl groups excluding tert-OH is 1. The number of benzene rings is 1. The smallest absolute Gasteiger partial charge is 0.248 e. The summed E-state index contributed by atoms with van der Waals surface area (Å²) in [5.41, 5.74) is 6.47. The second-order valence-electron chi connectivity index (χ2n) is 6.46. The highest BCUT2D eigenvalue weighted by Crippen LogP contribution is 2.47. The van der Waals surface area contributed by atoms with E-state index in [1.807, 2.05) is 19.3 Å². The summed E-state index contributed by atoms with van der Waals surface area (Å²) >= 11 is 12.9. The van der Waals surface area contributed by atoms with Crippen LogP contribution in [0.2, 0.25) is 10.0 Å². The number of carbonyl (C=O) groups is 1. The molecule has 2 aromatic rings. The van der Waals surface area contributed by atoms with Crippen LogP contribution in [-0.2, 0) is 18.3 Å². The van der Waals surface area contributed by atoms with Crippen LogP contribution in [0.25, 0.3) is 16.7 Å². The van der Waals surface area contributed by atoms with Gasteiger partial charge in [0, 0.05) is 31.9 Å². The first-order chi connectivity index (χ1) is 12.0. The molecule has 1 aromatic carbocycles. The third-order valence-electron chi connectivity index (χ3n) is 4.97. The van der Waals surface area contributed by atoms with Crippen molar-refractivity contribution in [3.63, 3.8) is 0 Å². The van der Waals surface area contributed by atoms with Gasteiger partial charge in [-0.05, 0) is 41.2 Å². The Morgan fingerprint density at radius 1 is 1.40 bits per heavy atom. The molecule has 2 aliphatic rings. The number of hydrogen-bond donors (Lipinski definition) is 1. The van der Waals surface area contributed by atoms with Crippen molar-refractivity contribution in [1.29, 1.82) is 0 Å². The van der Waals surface area contributed by atoms with Gasteiger partial charge in [0.15, 0.2) is 0 Å². The standard InChI is InChI=1S/C18H17Cl2N3O2/c1-22-7-11(6-21-22)12-5-15(19)18(20)13-4-10-2-3-23(16(25)9-24)8-14(10)17(12)13/h5-7,24H,2-4,8-9H2,1H3. The summed E-state index contributed by atoms with van der Waals surface area (Å²) in [6.07, 6.45) is 5.30. The number of aryl methyl sites for hydroxylation is 1. The fourth-order valence-corrected chi connectivity index (χ4v) is 4.20. The molecule has 0 bridgehead atoms. The molecule has 0 saturated carbocycles. The van der Waals surface area contributed by atoms with Gasteiger partial charge in [-0.3, -0.25) is 9.48 Å². The molecule has 0 spiro atoms. The molecule has 0 unspecified atom stereocenters. The Labute approximate surface area is 155 Å². The van der Waals surface area contributed by atoms with Crippen molar-refractivity contribution in [3.8, 4) is 11.1 Å². The summed E-state index contributed by atoms with van der Waals surface area (Å²) in [6, 6.07) is 1.88. The number of aromatic nitrogens is 2. The molecule has 2 heterocycles. The van der Waals surface area contributed by atoms with Gasteiger partial charge in [0.1, 0.15) is 6.61 Å². The molecule has 0 saturated heterocycles. The van der Waals surface area contributed by atoms with E-state index in [4.69, 9.17) is 23.2 Å². The van der Waals surface area contributed by atoms with Crippen LogP contribution in [0.1, 0.15) is 17.5 Å². The van der Waals surface area contributed by atoms with Crippen molar-refractivity contribution < 1.29 is 9.90 Å². The van der Waals surface area contributed by atoms with Crippen LogP contribution < -0.4 is 0 Å². The molecule has 1 amide bonds. The van der Waals surface area contributed by atoms with E-state index in [0.29, 0.717) is 23.1 Å². The molecule has 1 N–H and O–H groups in total. The van der Waals surface area contributed by atoms with Gasteiger partial charge in [0.25, 0.3) is 0 Å². The summed E-state index contributed by atoms with van der Waals surface area (Å²) in [5, 5.41) is 14.6. The van der Waals surface area contributed by atoms with E-state index in [1.54, 1.807) is 15.8 Å². The summed E-state index contributed by atoms with van der Waals surface area (Å²) in [6.45, 7) is 0.652. The Balaban J connectivity index is 1.86. The normalized spacial score (nSPS) is 16.2. The van der Waals surface area contributed by atoms with Crippen LogP contribution in [0.5, 0.6) is 0 Å². The summed E-state index contributed by atoms with van der Waals surface area (Å²) in [4.78, 5) is 13.6. The third-order valence-corrected chi connectivity index (χ3v) is 5.80. The summed E-state index contributed by atoms with van der Waals surface area (Å²) in [5.74, 6) is -0.247. The maximum atomic E-state index is 11.9. The number of halogens is 2. The van der Waals surface area contributed by atoms with Crippen molar-refractivity contribution >= 4 is 34.7 Å². The van der Waals surface area contributed by atoms with Gasteiger partial charge in [-0.1, -0.05) is 28.8 Å². The monoisotopic (exact) mass is 377 g/mol. The molecule has 0 fully saturated rings. The van der Waals surface area contributed by atoms with Gasteiger partial charge in [0.2, 0.25) is 5.91 Å². The molecule has 0 radical (unpaired) electrons. The molecule has 0 atom stereocenters. The largest absolute Gasteiger partial charge is 0.387 e. The number of carbonyl (C=O) groups excluding carboxylic acids is 1. The van der Waals surface area contributed by atoms with Gasteiger partial charge in [0.05, 0.1) is 16.2 Å². The zero-order valence-electron chi connectivity index (χ0n) is 13.7. The van der Waals surface area contributed by atoms with E-state index in [0.717, 1.165) is 40.7 Å². The van der Waals surface area contributed by atoms with E-state index >= 15 is 0 Å². The van der Waals surface area contributed by atoms with Crippen LogP contribution in [0.4, 0.5) is 0 Å². The second-order valence-corrected chi connectivity index (χ2v) is 7.24. The molecule has 25 heavy (non-hydrogen) atoms. The lowest BCUT2D eigenvalue weighted by Gasteiger charge is -2.28. The zero-order valence-corrected chi connectivity index (χ0v) is 15.2. The third kappa shape index (κ3) is 2.67. The summed E-state index contributed by atoms with van der Waals surface area (Å²) < 4.78 is 1.75. The molecule has 4 rings (SSSR count). The lowest BCUT2D eigenvalue weighted by atomic mass is 9.93. The van der Waals surface area contributed by atoms with Crippen LogP contribution in [0.3, 0.4) is 0 Å². The molecule has 130 valence electrons. The predicted molar refractivity (Wildman–Crippen MR) is 97.6 cm³/mol. The number of rotatable bonds is 2. The molecular weight excluding hydrogens is 361 g/mol. The topological polar surface area (TPSA) is 58.4 Å². The minimum absolute atomic E-state index is 0.247. The summed E-state index contributed by atoms with van der Waals surface area (Å²) in [7, 11) is 1.87. The van der Waals surface area contributed by atoms with Crippen molar-refractivity contribution in [3.05, 3.63) is 45.2 Å². The lowest BCUT2D eigenvalue weighted by molar-refractivity contribution is -0.133. The second kappa shape index (κ2) is 6.16. The zero-order chi connectivity index (χ0) is 17.7. The number of fused-ring (bicyclic) bond motifs is 2. The first kappa shape index (κ1) is 16.6. The Bertz CT molecular complexity index is 917. The minimum atomic E-state index is -0.466. The van der Waals surface area contributed by atoms with Gasteiger partial charge in [-0.15, -0.1) is 0 Å². The highest BCUT2D eigenvalue weighted by molar-refractivity contribution is 6.43. The van der Waals surface area contributed by atoms with Crippen molar-refractivity contribution in [2.45, 2.75) is 12.8 Å². The quantitative estimate of drug-likeness (QED) is 0.874. The van der Waals surface area contributed by atoms with Crippen LogP contribution in [0.15, 0.2) is 24.0 Å². The van der Waals surface area contributed by atoms with Crippen molar-refractivity contribution in [1.82, 2.24) is 14.7 Å². The van der Waals surface area contributed by atoms with Crippen LogP contribution in [-0.4, -0.2) is 45.4 Å². The Kier molecular flexibility index (Phi) is 4.10. The number of aliphatic hydroxyl groups is 1. The van der Waals surface area contributed by atoms with E-state index in [-0.39, 0.29) is 5.91 Å². The fraction of sp³-hybridized carbons (Fsp3) is 0.333. The molecule has 7 heteroatoms. The number of amides is 1. The number of hydrogen-bond acceptors (Lipinski definition) is 3. The van der Waals surface area contributed by atoms with E-state index < -0.39 is 6.61 Å². The Morgan fingerprint density at radius 3 is 2.88 bits per heavy atom. The molecular formula is C18H17Cl2N3O2. The highest BCUT2D eigenvalue weighted by atomic mass is 35.5. The van der Waals surface area contributed by atoms with E-state index in [1.165, 1.54) is 5.57 Å². The van der Waals surface area contributed by atoms with Crippen LogP contribution >= 0.6 is 23.2 Å². The Hall–Kier alpha value is -1.82.